The average Bonchev–Trinajstić information content (AvgIpc) is 2.74. The van der Waals surface area contributed by atoms with E-state index in [0.29, 0.717) is 11.4 Å². The maximum atomic E-state index is 12.9. The molecule has 0 saturated carbocycles. The van der Waals surface area contributed by atoms with Crippen molar-refractivity contribution in [2.45, 2.75) is 19.1 Å². The van der Waals surface area contributed by atoms with Crippen LogP contribution in [-0.2, 0) is 19.6 Å². The molecular formula is C20H24FN3O5S2. The quantitative estimate of drug-likeness (QED) is 0.492. The summed E-state index contributed by atoms with van der Waals surface area (Å²) in [4.78, 5) is 24.4. The van der Waals surface area contributed by atoms with Crippen molar-refractivity contribution in [3.8, 4) is 5.75 Å². The Bertz CT molecular complexity index is 1030. The van der Waals surface area contributed by atoms with Crippen LogP contribution < -0.4 is 20.1 Å². The van der Waals surface area contributed by atoms with Gasteiger partial charge in [0, 0.05) is 17.4 Å². The van der Waals surface area contributed by atoms with Gasteiger partial charge in [-0.25, -0.2) is 12.8 Å². The summed E-state index contributed by atoms with van der Waals surface area (Å²) in [5.74, 6) is -0.835. The Morgan fingerprint density at radius 2 is 1.74 bits per heavy atom. The van der Waals surface area contributed by atoms with Gasteiger partial charge in [0.05, 0.1) is 29.6 Å². The van der Waals surface area contributed by atoms with Gasteiger partial charge in [-0.15, -0.1) is 11.8 Å². The zero-order valence-corrected chi connectivity index (χ0v) is 18.9. The summed E-state index contributed by atoms with van der Waals surface area (Å²) in [6, 6.07) is 9.93. The van der Waals surface area contributed by atoms with Gasteiger partial charge in [0.2, 0.25) is 21.8 Å². The van der Waals surface area contributed by atoms with Crippen LogP contribution in [0, 0.1) is 5.82 Å². The number of sulfonamides is 1. The number of rotatable bonds is 10. The van der Waals surface area contributed by atoms with Crippen LogP contribution in [0.15, 0.2) is 42.5 Å². The second-order valence-electron chi connectivity index (χ2n) is 6.42. The van der Waals surface area contributed by atoms with Crippen LogP contribution in [0.1, 0.15) is 13.8 Å². The van der Waals surface area contributed by atoms with Gasteiger partial charge in [0.15, 0.2) is 0 Å². The van der Waals surface area contributed by atoms with E-state index in [0.717, 1.165) is 11.8 Å². The molecule has 1 unspecified atom stereocenters. The van der Waals surface area contributed by atoms with Crippen LogP contribution in [0.3, 0.4) is 0 Å². The lowest BCUT2D eigenvalue weighted by Crippen LogP contribution is -2.25. The highest BCUT2D eigenvalue weighted by Crippen LogP contribution is 2.29. The van der Waals surface area contributed by atoms with Crippen LogP contribution in [0.25, 0.3) is 0 Å². The third kappa shape index (κ3) is 7.76. The number of ether oxygens (including phenoxy) is 1. The van der Waals surface area contributed by atoms with E-state index in [2.05, 4.69) is 15.4 Å². The highest BCUT2D eigenvalue weighted by Gasteiger charge is 2.17. The molecule has 0 bridgehead atoms. The zero-order chi connectivity index (χ0) is 23.0. The van der Waals surface area contributed by atoms with Crippen LogP contribution >= 0.6 is 11.8 Å². The first kappa shape index (κ1) is 24.5. The van der Waals surface area contributed by atoms with Crippen molar-refractivity contribution in [1.82, 2.24) is 0 Å². The Balaban J connectivity index is 1.91. The molecule has 8 nitrogen and oxygen atoms in total. The van der Waals surface area contributed by atoms with Gasteiger partial charge in [-0.1, -0.05) is 0 Å². The van der Waals surface area contributed by atoms with Crippen LogP contribution in [0.2, 0.25) is 0 Å². The summed E-state index contributed by atoms with van der Waals surface area (Å²) >= 11 is 1.14. The number of carbonyl (C=O) groups is 2. The number of anilines is 3. The van der Waals surface area contributed by atoms with E-state index in [-0.39, 0.29) is 34.8 Å². The molecule has 2 aromatic carbocycles. The predicted octanol–water partition coefficient (Wildman–Crippen LogP) is 3.29. The lowest BCUT2D eigenvalue weighted by Gasteiger charge is -2.15. The standard InChI is InChI=1S/C20H24FN3O5S2/c1-4-31(27,28)24-17-10-9-16(11-18(17)29-3)23-20(26)13(2)30-12-19(25)22-15-7-5-14(21)6-8-15/h5-11,13,24H,4,12H2,1-3H3,(H,22,25)(H,23,26). The Morgan fingerprint density at radius 3 is 2.35 bits per heavy atom. The molecule has 0 aliphatic carbocycles. The van der Waals surface area contributed by atoms with E-state index in [1.807, 2.05) is 0 Å². The van der Waals surface area contributed by atoms with E-state index in [1.54, 1.807) is 13.0 Å². The first-order valence-corrected chi connectivity index (χ1v) is 12.0. The molecule has 0 spiro atoms. The van der Waals surface area contributed by atoms with E-state index >= 15 is 0 Å². The molecular weight excluding hydrogens is 445 g/mol. The monoisotopic (exact) mass is 469 g/mol. The molecule has 3 N–H and O–H groups in total. The fourth-order valence-corrected chi connectivity index (χ4v) is 3.68. The number of amides is 2. The smallest absolute Gasteiger partial charge is 0.237 e. The topological polar surface area (TPSA) is 114 Å². The van der Waals surface area contributed by atoms with Gasteiger partial charge < -0.3 is 15.4 Å². The minimum Gasteiger partial charge on any atom is -0.494 e. The average molecular weight is 470 g/mol. The fourth-order valence-electron chi connectivity index (χ4n) is 2.34. The molecule has 0 aromatic heterocycles. The second kappa shape index (κ2) is 11.0. The highest BCUT2D eigenvalue weighted by molar-refractivity contribution is 8.01. The Kier molecular flexibility index (Phi) is 8.69. The lowest BCUT2D eigenvalue weighted by molar-refractivity contribution is -0.115. The zero-order valence-electron chi connectivity index (χ0n) is 17.3. The van der Waals surface area contributed by atoms with Crippen LogP contribution in [-0.4, -0.2) is 44.1 Å². The minimum absolute atomic E-state index is 0.0347. The Morgan fingerprint density at radius 1 is 1.10 bits per heavy atom. The number of hydrogen-bond donors (Lipinski definition) is 3. The van der Waals surface area contributed by atoms with Gasteiger partial charge >= 0.3 is 0 Å². The lowest BCUT2D eigenvalue weighted by atomic mass is 10.2. The van der Waals surface area contributed by atoms with Gasteiger partial charge in [-0.3, -0.25) is 14.3 Å². The number of hydrogen-bond acceptors (Lipinski definition) is 6. The van der Waals surface area contributed by atoms with Crippen LogP contribution in [0.5, 0.6) is 5.75 Å². The molecule has 0 heterocycles. The number of carbonyl (C=O) groups excluding carboxylic acids is 2. The maximum Gasteiger partial charge on any atom is 0.237 e. The number of nitrogens with one attached hydrogen (secondary N) is 3. The predicted molar refractivity (Wildman–Crippen MR) is 122 cm³/mol. The number of benzene rings is 2. The highest BCUT2D eigenvalue weighted by atomic mass is 32.2. The molecule has 0 fully saturated rings. The number of thioether (sulfide) groups is 1. The van der Waals surface area contributed by atoms with Crippen molar-refractivity contribution in [2.75, 3.05) is 34.0 Å². The van der Waals surface area contributed by atoms with Crippen molar-refractivity contribution in [2.24, 2.45) is 0 Å². The van der Waals surface area contributed by atoms with Gasteiger partial charge in [0.25, 0.3) is 0 Å². The summed E-state index contributed by atoms with van der Waals surface area (Å²) in [6.45, 7) is 3.18. The van der Waals surface area contributed by atoms with Gasteiger partial charge in [-0.05, 0) is 50.2 Å². The van der Waals surface area contributed by atoms with Crippen LogP contribution in [0.4, 0.5) is 21.5 Å². The summed E-state index contributed by atoms with van der Waals surface area (Å²) in [7, 11) is -2.08. The van der Waals surface area contributed by atoms with E-state index < -0.39 is 21.1 Å². The molecule has 2 amide bonds. The number of halogens is 1. The van der Waals surface area contributed by atoms with Crippen molar-refractivity contribution in [3.05, 3.63) is 48.3 Å². The molecule has 1 atom stereocenters. The third-order valence-electron chi connectivity index (χ3n) is 4.08. The molecule has 0 radical (unpaired) electrons. The third-order valence-corrected chi connectivity index (χ3v) is 6.51. The Labute approximate surface area is 185 Å². The summed E-state index contributed by atoms with van der Waals surface area (Å²) < 4.78 is 44.0. The fraction of sp³-hybridized carbons (Fsp3) is 0.300. The molecule has 0 aliphatic heterocycles. The van der Waals surface area contributed by atoms with Crippen molar-refractivity contribution in [1.29, 1.82) is 0 Å². The van der Waals surface area contributed by atoms with E-state index in [9.17, 15) is 22.4 Å². The molecule has 168 valence electrons. The largest absolute Gasteiger partial charge is 0.494 e. The summed E-state index contributed by atoms with van der Waals surface area (Å²) in [5.41, 5.74) is 1.15. The van der Waals surface area contributed by atoms with E-state index in [1.165, 1.54) is 50.4 Å². The normalized spacial score (nSPS) is 12.0. The van der Waals surface area contributed by atoms with Crippen molar-refractivity contribution in [3.63, 3.8) is 0 Å². The molecule has 2 aromatic rings. The SMILES string of the molecule is CCS(=O)(=O)Nc1ccc(NC(=O)C(C)SCC(=O)Nc2ccc(F)cc2)cc1OC. The maximum absolute atomic E-state index is 12.9. The first-order chi connectivity index (χ1) is 14.6. The first-order valence-electron chi connectivity index (χ1n) is 9.30. The minimum atomic E-state index is -3.47. The molecule has 11 heteroatoms. The second-order valence-corrected chi connectivity index (χ2v) is 9.76. The van der Waals surface area contributed by atoms with Crippen molar-refractivity contribution < 1.29 is 27.1 Å². The molecule has 2 rings (SSSR count). The van der Waals surface area contributed by atoms with Gasteiger partial charge in [0.1, 0.15) is 11.6 Å². The van der Waals surface area contributed by atoms with Gasteiger partial charge in [-0.2, -0.15) is 0 Å². The van der Waals surface area contributed by atoms with Crippen molar-refractivity contribution >= 4 is 50.7 Å². The molecule has 0 saturated heterocycles. The Hall–Kier alpha value is -2.79. The van der Waals surface area contributed by atoms with E-state index in [4.69, 9.17) is 4.74 Å². The molecule has 0 aliphatic rings. The summed E-state index contributed by atoms with van der Waals surface area (Å²) in [5, 5.41) is 4.80. The summed E-state index contributed by atoms with van der Waals surface area (Å²) in [6.07, 6.45) is 0. The number of methoxy groups -OCH3 is 1. The molecule has 31 heavy (non-hydrogen) atoms.